The van der Waals surface area contributed by atoms with E-state index in [-0.39, 0.29) is 11.9 Å². The Morgan fingerprint density at radius 2 is 2.10 bits per heavy atom. The van der Waals surface area contributed by atoms with Crippen LogP contribution in [0.3, 0.4) is 0 Å². The minimum absolute atomic E-state index is 0.000127. The molecular weight excluding hydrogens is 262 g/mol. The predicted octanol–water partition coefficient (Wildman–Crippen LogP) is 4.17. The second-order valence-corrected chi connectivity index (χ2v) is 6.08. The van der Waals surface area contributed by atoms with Gasteiger partial charge in [-0.05, 0) is 44.4 Å². The van der Waals surface area contributed by atoms with Crippen LogP contribution in [-0.2, 0) is 0 Å². The summed E-state index contributed by atoms with van der Waals surface area (Å²) in [5, 5.41) is 3.12. The molecule has 0 bridgehead atoms. The first-order valence-corrected chi connectivity index (χ1v) is 8.22. The number of carbonyl (C=O) groups excluding carboxylic acids is 1. The molecule has 116 valence electrons. The molecular formula is C18H27NO2. The maximum Gasteiger partial charge on any atom is 0.251 e. The second-order valence-electron chi connectivity index (χ2n) is 6.08. The van der Waals surface area contributed by atoms with Crippen molar-refractivity contribution in [3.8, 4) is 5.75 Å². The molecule has 3 nitrogen and oxygen atoms in total. The Kier molecular flexibility index (Phi) is 6.09. The number of hydrogen-bond acceptors (Lipinski definition) is 2. The van der Waals surface area contributed by atoms with E-state index in [0.29, 0.717) is 12.2 Å². The highest BCUT2D eigenvalue weighted by Crippen LogP contribution is 2.27. The average molecular weight is 289 g/mol. The summed E-state index contributed by atoms with van der Waals surface area (Å²) in [4.78, 5) is 12.3. The molecule has 0 aliphatic heterocycles. The van der Waals surface area contributed by atoms with Crippen molar-refractivity contribution in [2.45, 2.75) is 58.4 Å². The topological polar surface area (TPSA) is 38.3 Å². The van der Waals surface area contributed by atoms with Crippen LogP contribution in [0.15, 0.2) is 24.3 Å². The maximum atomic E-state index is 12.3. The minimum atomic E-state index is -0.000127. The van der Waals surface area contributed by atoms with Crippen molar-refractivity contribution in [3.05, 3.63) is 29.8 Å². The number of hydrogen-bond donors (Lipinski definition) is 1. The van der Waals surface area contributed by atoms with Crippen LogP contribution in [0.5, 0.6) is 5.75 Å². The molecule has 1 aliphatic carbocycles. The normalized spacial score (nSPS) is 17.2. The van der Waals surface area contributed by atoms with Gasteiger partial charge in [-0.25, -0.2) is 0 Å². The number of carbonyl (C=O) groups is 1. The molecule has 1 aromatic rings. The Labute approximate surface area is 128 Å². The molecule has 21 heavy (non-hydrogen) atoms. The van der Waals surface area contributed by atoms with Crippen molar-refractivity contribution in [2.24, 2.45) is 5.92 Å². The van der Waals surface area contributed by atoms with E-state index in [9.17, 15) is 4.79 Å². The molecule has 0 unspecified atom stereocenters. The zero-order valence-corrected chi connectivity index (χ0v) is 13.2. The van der Waals surface area contributed by atoms with Crippen LogP contribution in [0.1, 0.15) is 62.7 Å². The summed E-state index contributed by atoms with van der Waals surface area (Å²) < 4.78 is 5.44. The number of amides is 1. The molecule has 0 radical (unpaired) electrons. The van der Waals surface area contributed by atoms with Crippen LogP contribution in [0.2, 0.25) is 0 Å². The van der Waals surface area contributed by atoms with Crippen molar-refractivity contribution in [1.82, 2.24) is 5.32 Å². The molecule has 1 fully saturated rings. The van der Waals surface area contributed by atoms with E-state index in [1.165, 1.54) is 32.1 Å². The summed E-state index contributed by atoms with van der Waals surface area (Å²) in [5.41, 5.74) is 0.677. The summed E-state index contributed by atoms with van der Waals surface area (Å²) >= 11 is 0. The van der Waals surface area contributed by atoms with Gasteiger partial charge < -0.3 is 10.1 Å². The van der Waals surface area contributed by atoms with Crippen molar-refractivity contribution in [3.63, 3.8) is 0 Å². The molecule has 1 N–H and O–H groups in total. The standard InChI is InChI=1S/C18H27NO2/c1-3-21-17-11-7-10-16(13-17)18(20)19-14(2)12-15-8-5-4-6-9-15/h7,10-11,13-15H,3-6,8-9,12H2,1-2H3,(H,19,20)/t14-/m1/s1. The van der Waals surface area contributed by atoms with Crippen LogP contribution in [-0.4, -0.2) is 18.6 Å². The van der Waals surface area contributed by atoms with Crippen LogP contribution in [0.4, 0.5) is 0 Å². The first kappa shape index (κ1) is 15.9. The van der Waals surface area contributed by atoms with Gasteiger partial charge in [-0.3, -0.25) is 4.79 Å². The van der Waals surface area contributed by atoms with Gasteiger partial charge >= 0.3 is 0 Å². The Morgan fingerprint density at radius 3 is 2.81 bits per heavy atom. The molecule has 0 spiro atoms. The Morgan fingerprint density at radius 1 is 1.33 bits per heavy atom. The molecule has 0 aromatic heterocycles. The monoisotopic (exact) mass is 289 g/mol. The van der Waals surface area contributed by atoms with E-state index in [4.69, 9.17) is 4.74 Å². The SMILES string of the molecule is CCOc1cccc(C(=O)N[C@H](C)CC2CCCCC2)c1. The molecule has 1 atom stereocenters. The smallest absolute Gasteiger partial charge is 0.251 e. The molecule has 1 aliphatic rings. The number of rotatable bonds is 6. The van der Waals surface area contributed by atoms with Crippen LogP contribution >= 0.6 is 0 Å². The van der Waals surface area contributed by atoms with E-state index in [1.807, 2.05) is 31.2 Å². The zero-order valence-electron chi connectivity index (χ0n) is 13.2. The summed E-state index contributed by atoms with van der Waals surface area (Å²) in [6, 6.07) is 7.63. The lowest BCUT2D eigenvalue weighted by molar-refractivity contribution is 0.0932. The highest BCUT2D eigenvalue weighted by atomic mass is 16.5. The quantitative estimate of drug-likeness (QED) is 0.853. The second kappa shape index (κ2) is 8.06. The van der Waals surface area contributed by atoms with Crippen LogP contribution in [0, 0.1) is 5.92 Å². The molecule has 2 rings (SSSR count). The highest BCUT2D eigenvalue weighted by molar-refractivity contribution is 5.94. The first-order chi connectivity index (χ1) is 10.2. The summed E-state index contributed by atoms with van der Waals surface area (Å²) in [7, 11) is 0. The van der Waals surface area contributed by atoms with Gasteiger partial charge in [0.2, 0.25) is 0 Å². The van der Waals surface area contributed by atoms with Gasteiger partial charge in [-0.1, -0.05) is 38.2 Å². The molecule has 1 aromatic carbocycles. The molecule has 1 amide bonds. The molecule has 1 saturated carbocycles. The summed E-state index contributed by atoms with van der Waals surface area (Å²) in [6.45, 7) is 4.67. The third kappa shape index (κ3) is 5.07. The van der Waals surface area contributed by atoms with Gasteiger partial charge in [-0.2, -0.15) is 0 Å². The van der Waals surface area contributed by atoms with Crippen molar-refractivity contribution in [2.75, 3.05) is 6.61 Å². The fourth-order valence-electron chi connectivity index (χ4n) is 3.18. The lowest BCUT2D eigenvalue weighted by Crippen LogP contribution is -2.34. The van der Waals surface area contributed by atoms with E-state index in [0.717, 1.165) is 18.1 Å². The fraction of sp³-hybridized carbons (Fsp3) is 0.611. The molecule has 0 saturated heterocycles. The summed E-state index contributed by atoms with van der Waals surface area (Å²) in [6.07, 6.45) is 7.81. The van der Waals surface area contributed by atoms with Gasteiger partial charge in [0.05, 0.1) is 6.61 Å². The van der Waals surface area contributed by atoms with E-state index in [2.05, 4.69) is 12.2 Å². The van der Waals surface area contributed by atoms with Gasteiger partial charge in [0, 0.05) is 11.6 Å². The Bertz CT molecular complexity index is 452. The number of ether oxygens (including phenoxy) is 1. The molecule has 0 heterocycles. The third-order valence-electron chi connectivity index (χ3n) is 4.20. The lowest BCUT2D eigenvalue weighted by atomic mass is 9.85. The van der Waals surface area contributed by atoms with Gasteiger partial charge in [0.25, 0.3) is 5.91 Å². The third-order valence-corrected chi connectivity index (χ3v) is 4.20. The highest BCUT2D eigenvalue weighted by Gasteiger charge is 2.18. The molecule has 3 heteroatoms. The lowest BCUT2D eigenvalue weighted by Gasteiger charge is -2.25. The number of nitrogens with one attached hydrogen (secondary N) is 1. The van der Waals surface area contributed by atoms with Crippen LogP contribution in [0.25, 0.3) is 0 Å². The largest absolute Gasteiger partial charge is 0.494 e. The first-order valence-electron chi connectivity index (χ1n) is 8.22. The van der Waals surface area contributed by atoms with E-state index < -0.39 is 0 Å². The minimum Gasteiger partial charge on any atom is -0.494 e. The van der Waals surface area contributed by atoms with Gasteiger partial charge in [0.15, 0.2) is 0 Å². The van der Waals surface area contributed by atoms with Gasteiger partial charge in [-0.15, -0.1) is 0 Å². The maximum absolute atomic E-state index is 12.3. The zero-order chi connectivity index (χ0) is 15.1. The number of benzene rings is 1. The van der Waals surface area contributed by atoms with Gasteiger partial charge in [0.1, 0.15) is 5.75 Å². The Hall–Kier alpha value is -1.51. The van der Waals surface area contributed by atoms with Crippen molar-refractivity contribution >= 4 is 5.91 Å². The summed E-state index contributed by atoms with van der Waals surface area (Å²) in [5.74, 6) is 1.54. The predicted molar refractivity (Wildman–Crippen MR) is 85.7 cm³/mol. The Balaban J connectivity index is 1.86. The van der Waals surface area contributed by atoms with Crippen molar-refractivity contribution < 1.29 is 9.53 Å². The average Bonchev–Trinajstić information content (AvgIpc) is 2.48. The van der Waals surface area contributed by atoms with E-state index in [1.54, 1.807) is 0 Å². The fourth-order valence-corrected chi connectivity index (χ4v) is 3.18. The van der Waals surface area contributed by atoms with Crippen LogP contribution < -0.4 is 10.1 Å². The van der Waals surface area contributed by atoms with E-state index >= 15 is 0 Å². The van der Waals surface area contributed by atoms with Crippen molar-refractivity contribution in [1.29, 1.82) is 0 Å².